The summed E-state index contributed by atoms with van der Waals surface area (Å²) >= 11 is 0. The summed E-state index contributed by atoms with van der Waals surface area (Å²) < 4.78 is 4.72. The zero-order valence-electron chi connectivity index (χ0n) is 7.36. The molecule has 0 radical (unpaired) electrons. The summed E-state index contributed by atoms with van der Waals surface area (Å²) in [6, 6.07) is 0. The Morgan fingerprint density at radius 3 is 1.40 bits per heavy atom. The highest BCUT2D eigenvalue weighted by Gasteiger charge is 1.94. The van der Waals surface area contributed by atoms with E-state index in [2.05, 4.69) is 13.8 Å². The van der Waals surface area contributed by atoms with Crippen molar-refractivity contribution in [1.29, 1.82) is 0 Å². The van der Waals surface area contributed by atoms with Gasteiger partial charge in [0, 0.05) is 13.2 Å². The number of rotatable bonds is 3. The van der Waals surface area contributed by atoms with Crippen LogP contribution in [0.5, 0.6) is 0 Å². The van der Waals surface area contributed by atoms with E-state index in [0.717, 1.165) is 13.2 Å². The van der Waals surface area contributed by atoms with Crippen LogP contribution in [-0.2, 0) is 4.74 Å². The van der Waals surface area contributed by atoms with Crippen molar-refractivity contribution in [3.05, 3.63) is 0 Å². The fraction of sp³-hybridized carbons (Fsp3) is 1.00. The van der Waals surface area contributed by atoms with Crippen molar-refractivity contribution in [3.63, 3.8) is 0 Å². The van der Waals surface area contributed by atoms with Crippen molar-refractivity contribution in [2.24, 2.45) is 0 Å². The minimum Gasteiger partial charge on any atom is -0.381 e. The van der Waals surface area contributed by atoms with E-state index in [-0.39, 0.29) is 0 Å². The molecule has 1 aliphatic heterocycles. The lowest BCUT2D eigenvalue weighted by Gasteiger charge is -2.09. The van der Waals surface area contributed by atoms with Crippen molar-refractivity contribution in [1.82, 2.24) is 0 Å². The molecule has 0 aromatic rings. The minimum atomic E-state index is 1.00. The van der Waals surface area contributed by atoms with Crippen LogP contribution in [0.4, 0.5) is 0 Å². The van der Waals surface area contributed by atoms with E-state index < -0.39 is 0 Å². The first-order chi connectivity index (χ1) is 4.91. The fourth-order valence-electron chi connectivity index (χ4n) is 0.644. The van der Waals surface area contributed by atoms with Gasteiger partial charge in [-0.3, -0.25) is 0 Å². The third-order valence-corrected chi connectivity index (χ3v) is 1.53. The average Bonchev–Trinajstić information content (AvgIpc) is 1.79. The van der Waals surface area contributed by atoms with Gasteiger partial charge in [0.05, 0.1) is 0 Å². The minimum absolute atomic E-state index is 1.00. The maximum Gasteiger partial charge on any atom is 0.0488 e. The Morgan fingerprint density at radius 1 is 1.00 bits per heavy atom. The van der Waals surface area contributed by atoms with Crippen molar-refractivity contribution >= 4 is 0 Å². The van der Waals surface area contributed by atoms with Crippen LogP contribution in [0.3, 0.4) is 0 Å². The standard InChI is InChI=1S/C6H14.C3H6O/c1-3-5-6-4-2;1-2-4-3-1/h3-6H2,1-2H3;1-3H2. The summed E-state index contributed by atoms with van der Waals surface area (Å²) in [7, 11) is 0. The maximum atomic E-state index is 4.72. The van der Waals surface area contributed by atoms with E-state index in [9.17, 15) is 0 Å². The zero-order valence-corrected chi connectivity index (χ0v) is 7.36. The Morgan fingerprint density at radius 2 is 1.30 bits per heavy atom. The first kappa shape index (κ1) is 9.96. The van der Waals surface area contributed by atoms with Gasteiger partial charge in [0.1, 0.15) is 0 Å². The monoisotopic (exact) mass is 144 g/mol. The van der Waals surface area contributed by atoms with Gasteiger partial charge in [-0.2, -0.15) is 0 Å². The molecule has 0 aliphatic carbocycles. The summed E-state index contributed by atoms with van der Waals surface area (Å²) in [5, 5.41) is 0. The van der Waals surface area contributed by atoms with Crippen molar-refractivity contribution < 1.29 is 4.74 Å². The smallest absolute Gasteiger partial charge is 0.0488 e. The first-order valence-corrected chi connectivity index (χ1v) is 4.49. The summed E-state index contributed by atoms with van der Waals surface area (Å²) in [4.78, 5) is 0. The lowest BCUT2D eigenvalue weighted by molar-refractivity contribution is 0.0367. The summed E-state index contributed by atoms with van der Waals surface area (Å²) in [6.45, 7) is 6.46. The molecule has 0 saturated carbocycles. The molecule has 0 N–H and O–H groups in total. The fourth-order valence-corrected chi connectivity index (χ4v) is 0.644. The zero-order chi connectivity index (χ0) is 7.66. The largest absolute Gasteiger partial charge is 0.381 e. The first-order valence-electron chi connectivity index (χ1n) is 4.49. The molecular formula is C9H20O. The van der Waals surface area contributed by atoms with Crippen LogP contribution in [-0.4, -0.2) is 13.2 Å². The average molecular weight is 144 g/mol. The van der Waals surface area contributed by atoms with Crippen molar-refractivity contribution in [2.75, 3.05) is 13.2 Å². The van der Waals surface area contributed by atoms with Crippen LogP contribution >= 0.6 is 0 Å². The molecule has 0 amide bonds. The quantitative estimate of drug-likeness (QED) is 0.553. The molecule has 62 valence electrons. The van der Waals surface area contributed by atoms with Crippen LogP contribution in [0.15, 0.2) is 0 Å². The molecular weight excluding hydrogens is 124 g/mol. The second kappa shape index (κ2) is 8.96. The number of hydrogen-bond donors (Lipinski definition) is 0. The highest BCUT2D eigenvalue weighted by molar-refractivity contribution is 4.41. The van der Waals surface area contributed by atoms with Crippen LogP contribution in [0.25, 0.3) is 0 Å². The second-order valence-electron chi connectivity index (χ2n) is 2.67. The Kier molecular flexibility index (Phi) is 8.92. The van der Waals surface area contributed by atoms with Crippen LogP contribution in [0, 0.1) is 0 Å². The molecule has 1 nitrogen and oxygen atoms in total. The van der Waals surface area contributed by atoms with E-state index in [4.69, 9.17) is 4.74 Å². The van der Waals surface area contributed by atoms with Gasteiger partial charge in [0.25, 0.3) is 0 Å². The molecule has 1 heteroatoms. The summed E-state index contributed by atoms with van der Waals surface area (Å²) in [6.07, 6.45) is 6.81. The molecule has 1 aliphatic rings. The van der Waals surface area contributed by atoms with Crippen molar-refractivity contribution in [3.8, 4) is 0 Å². The van der Waals surface area contributed by atoms with Crippen LogP contribution < -0.4 is 0 Å². The lowest BCUT2D eigenvalue weighted by atomic mass is 10.2. The number of hydrogen-bond acceptors (Lipinski definition) is 1. The molecule has 0 atom stereocenters. The third-order valence-electron chi connectivity index (χ3n) is 1.53. The number of ether oxygens (including phenoxy) is 1. The molecule has 0 aromatic heterocycles. The van der Waals surface area contributed by atoms with E-state index in [0.29, 0.717) is 0 Å². The predicted molar refractivity (Wildman–Crippen MR) is 45.3 cm³/mol. The molecule has 0 unspecified atom stereocenters. The second-order valence-corrected chi connectivity index (χ2v) is 2.67. The van der Waals surface area contributed by atoms with Crippen molar-refractivity contribution in [2.45, 2.75) is 46.0 Å². The van der Waals surface area contributed by atoms with Gasteiger partial charge in [-0.1, -0.05) is 39.5 Å². The summed E-state index contributed by atoms with van der Waals surface area (Å²) in [5.41, 5.74) is 0. The summed E-state index contributed by atoms with van der Waals surface area (Å²) in [5.74, 6) is 0. The van der Waals surface area contributed by atoms with E-state index in [1.807, 2.05) is 0 Å². The van der Waals surface area contributed by atoms with E-state index >= 15 is 0 Å². The van der Waals surface area contributed by atoms with Gasteiger partial charge in [0.15, 0.2) is 0 Å². The van der Waals surface area contributed by atoms with Gasteiger partial charge in [-0.25, -0.2) is 0 Å². The van der Waals surface area contributed by atoms with Gasteiger partial charge in [-0.05, 0) is 6.42 Å². The van der Waals surface area contributed by atoms with Gasteiger partial charge >= 0.3 is 0 Å². The van der Waals surface area contributed by atoms with Gasteiger partial charge in [0.2, 0.25) is 0 Å². The van der Waals surface area contributed by atoms with Gasteiger partial charge < -0.3 is 4.74 Å². The number of unbranched alkanes of at least 4 members (excludes halogenated alkanes) is 3. The van der Waals surface area contributed by atoms with Crippen LogP contribution in [0.1, 0.15) is 46.0 Å². The molecule has 1 saturated heterocycles. The SMILES string of the molecule is C1COC1.CCCCCC. The molecule has 0 spiro atoms. The van der Waals surface area contributed by atoms with Gasteiger partial charge in [-0.15, -0.1) is 0 Å². The van der Waals surface area contributed by atoms with Crippen LogP contribution in [0.2, 0.25) is 0 Å². The Balaban J connectivity index is 0.000000172. The molecule has 10 heavy (non-hydrogen) atoms. The molecule has 1 fully saturated rings. The topological polar surface area (TPSA) is 9.23 Å². The van der Waals surface area contributed by atoms with E-state index in [1.165, 1.54) is 32.1 Å². The maximum absolute atomic E-state index is 4.72. The normalized spacial score (nSPS) is 15.0. The highest BCUT2D eigenvalue weighted by atomic mass is 16.5. The highest BCUT2D eigenvalue weighted by Crippen LogP contribution is 1.95. The van der Waals surface area contributed by atoms with E-state index in [1.54, 1.807) is 0 Å². The molecule has 0 bridgehead atoms. The molecule has 1 heterocycles. The lowest BCUT2D eigenvalue weighted by Crippen LogP contribution is -2.09. The predicted octanol–water partition coefficient (Wildman–Crippen LogP) is 2.99. The third kappa shape index (κ3) is 7.96. The Labute approximate surface area is 64.8 Å². The molecule has 0 aromatic carbocycles. The Bertz CT molecular complexity index is 40.7. The molecule has 1 rings (SSSR count). The Hall–Kier alpha value is -0.0400.